The molecule has 0 fully saturated rings. The van der Waals surface area contributed by atoms with Gasteiger partial charge in [-0.25, -0.2) is 0 Å². The first kappa shape index (κ1) is 15.2. The molecule has 0 aliphatic heterocycles. The zero-order valence-electron chi connectivity index (χ0n) is 12.8. The maximum absolute atomic E-state index is 12.3. The number of hydrogen-bond acceptors (Lipinski definition) is 2. The fraction of sp³-hybridized carbons (Fsp3) is 0.333. The molecule has 2 aromatic rings. The van der Waals surface area contributed by atoms with E-state index in [2.05, 4.69) is 24.1 Å². The number of hydrogen-bond donors (Lipinski definition) is 1. The van der Waals surface area contributed by atoms with Crippen molar-refractivity contribution in [2.45, 2.75) is 33.2 Å². The Hall–Kier alpha value is -2.16. The number of aromatic nitrogens is 1. The molecule has 1 atom stereocenters. The maximum Gasteiger partial charge on any atom is 0.251 e. The Bertz CT molecular complexity index is 576. The third-order valence-corrected chi connectivity index (χ3v) is 3.34. The van der Waals surface area contributed by atoms with Gasteiger partial charge in [0.25, 0.3) is 5.91 Å². The van der Waals surface area contributed by atoms with E-state index in [9.17, 15) is 4.79 Å². The van der Waals surface area contributed by atoms with Crippen molar-refractivity contribution < 1.29 is 4.79 Å². The summed E-state index contributed by atoms with van der Waals surface area (Å²) in [4.78, 5) is 16.8. The monoisotopic (exact) mass is 282 g/mol. The second kappa shape index (κ2) is 7.02. The van der Waals surface area contributed by atoms with Crippen molar-refractivity contribution in [1.82, 2.24) is 10.3 Å². The van der Waals surface area contributed by atoms with Crippen molar-refractivity contribution in [2.75, 3.05) is 0 Å². The third kappa shape index (κ3) is 4.42. The van der Waals surface area contributed by atoms with Gasteiger partial charge in [0.15, 0.2) is 0 Å². The van der Waals surface area contributed by atoms with Crippen LogP contribution < -0.4 is 5.32 Å². The van der Waals surface area contributed by atoms with Crippen LogP contribution in [0.2, 0.25) is 0 Å². The minimum absolute atomic E-state index is 0.0522. The van der Waals surface area contributed by atoms with Gasteiger partial charge in [-0.1, -0.05) is 38.1 Å². The van der Waals surface area contributed by atoms with E-state index in [0.717, 1.165) is 17.7 Å². The molecule has 1 unspecified atom stereocenters. The average Bonchev–Trinajstić information content (AvgIpc) is 2.48. The van der Waals surface area contributed by atoms with Crippen molar-refractivity contribution in [3.63, 3.8) is 0 Å². The lowest BCUT2D eigenvalue weighted by Gasteiger charge is -2.20. The van der Waals surface area contributed by atoms with Crippen molar-refractivity contribution >= 4 is 5.91 Å². The van der Waals surface area contributed by atoms with E-state index in [-0.39, 0.29) is 11.9 Å². The van der Waals surface area contributed by atoms with E-state index in [1.165, 1.54) is 0 Å². The summed E-state index contributed by atoms with van der Waals surface area (Å²) in [5, 5.41) is 3.10. The number of rotatable bonds is 5. The van der Waals surface area contributed by atoms with Gasteiger partial charge >= 0.3 is 0 Å². The summed E-state index contributed by atoms with van der Waals surface area (Å²) in [5.41, 5.74) is 2.72. The van der Waals surface area contributed by atoms with Crippen LogP contribution in [0.3, 0.4) is 0 Å². The molecule has 0 aliphatic carbocycles. The Balaban J connectivity index is 2.17. The van der Waals surface area contributed by atoms with E-state index in [1.807, 2.05) is 55.6 Å². The molecule has 1 N–H and O–H groups in total. The van der Waals surface area contributed by atoms with E-state index in [4.69, 9.17) is 0 Å². The van der Waals surface area contributed by atoms with Gasteiger partial charge in [0.2, 0.25) is 0 Å². The molecule has 21 heavy (non-hydrogen) atoms. The molecular formula is C18H22N2O. The molecule has 0 saturated carbocycles. The van der Waals surface area contributed by atoms with Crippen LogP contribution in [0, 0.1) is 12.8 Å². The fourth-order valence-electron chi connectivity index (χ4n) is 2.24. The highest BCUT2D eigenvalue weighted by molar-refractivity contribution is 5.94. The molecular weight excluding hydrogens is 260 g/mol. The van der Waals surface area contributed by atoms with Crippen LogP contribution in [0.25, 0.3) is 0 Å². The Labute approximate surface area is 126 Å². The third-order valence-electron chi connectivity index (χ3n) is 3.34. The molecule has 0 bridgehead atoms. The van der Waals surface area contributed by atoms with Crippen LogP contribution in [0.4, 0.5) is 0 Å². The van der Waals surface area contributed by atoms with Gasteiger partial charge < -0.3 is 5.32 Å². The number of carbonyl (C=O) groups excluding carboxylic acids is 1. The van der Waals surface area contributed by atoms with E-state index in [1.54, 1.807) is 0 Å². The number of nitrogens with one attached hydrogen (secondary N) is 1. The number of aryl methyl sites for hydroxylation is 1. The van der Waals surface area contributed by atoms with E-state index < -0.39 is 0 Å². The molecule has 0 aliphatic rings. The molecule has 0 saturated heterocycles. The average molecular weight is 282 g/mol. The van der Waals surface area contributed by atoms with Gasteiger partial charge in [0, 0.05) is 11.8 Å². The summed E-state index contributed by atoms with van der Waals surface area (Å²) in [7, 11) is 0. The number of carbonyl (C=O) groups is 1. The lowest BCUT2D eigenvalue weighted by Crippen LogP contribution is -2.30. The SMILES string of the molecule is Cc1ccc(C(CC(C)C)NC(=O)c2ccccc2)nc1. The van der Waals surface area contributed by atoms with Crippen LogP contribution in [-0.4, -0.2) is 10.9 Å². The van der Waals surface area contributed by atoms with E-state index >= 15 is 0 Å². The quantitative estimate of drug-likeness (QED) is 0.903. The molecule has 3 heteroatoms. The molecule has 1 amide bonds. The summed E-state index contributed by atoms with van der Waals surface area (Å²) in [5.74, 6) is 0.429. The first-order chi connectivity index (χ1) is 10.1. The number of benzene rings is 1. The molecule has 0 radical (unpaired) electrons. The Morgan fingerprint density at radius 2 is 1.86 bits per heavy atom. The highest BCUT2D eigenvalue weighted by Gasteiger charge is 2.18. The van der Waals surface area contributed by atoms with Crippen LogP contribution in [0.15, 0.2) is 48.7 Å². The largest absolute Gasteiger partial charge is 0.344 e. The minimum Gasteiger partial charge on any atom is -0.344 e. The molecule has 1 aromatic heterocycles. The van der Waals surface area contributed by atoms with Gasteiger partial charge in [-0.2, -0.15) is 0 Å². The van der Waals surface area contributed by atoms with E-state index in [0.29, 0.717) is 11.5 Å². The van der Waals surface area contributed by atoms with Crippen LogP contribution in [0.1, 0.15) is 47.9 Å². The number of pyridine rings is 1. The predicted molar refractivity (Wildman–Crippen MR) is 85.1 cm³/mol. The van der Waals surface area contributed by atoms with Gasteiger partial charge in [-0.15, -0.1) is 0 Å². The Morgan fingerprint density at radius 3 is 2.43 bits per heavy atom. The van der Waals surface area contributed by atoms with Crippen molar-refractivity contribution in [1.29, 1.82) is 0 Å². The Morgan fingerprint density at radius 1 is 1.14 bits per heavy atom. The minimum atomic E-state index is -0.0571. The maximum atomic E-state index is 12.3. The van der Waals surface area contributed by atoms with Gasteiger partial charge in [0.1, 0.15) is 0 Å². The van der Waals surface area contributed by atoms with Crippen LogP contribution in [0.5, 0.6) is 0 Å². The first-order valence-electron chi connectivity index (χ1n) is 7.34. The van der Waals surface area contributed by atoms with Crippen LogP contribution >= 0.6 is 0 Å². The highest BCUT2D eigenvalue weighted by atomic mass is 16.1. The fourth-order valence-corrected chi connectivity index (χ4v) is 2.24. The number of nitrogens with zero attached hydrogens (tertiary/aromatic N) is 1. The first-order valence-corrected chi connectivity index (χ1v) is 7.34. The van der Waals surface area contributed by atoms with Gasteiger partial charge in [-0.05, 0) is 43.0 Å². The number of amides is 1. The lowest BCUT2D eigenvalue weighted by molar-refractivity contribution is 0.0931. The lowest BCUT2D eigenvalue weighted by atomic mass is 10.00. The van der Waals surface area contributed by atoms with Crippen molar-refractivity contribution in [3.05, 3.63) is 65.5 Å². The second-order valence-electron chi connectivity index (χ2n) is 5.78. The van der Waals surface area contributed by atoms with Crippen LogP contribution in [-0.2, 0) is 0 Å². The predicted octanol–water partition coefficient (Wildman–Crippen LogP) is 3.91. The van der Waals surface area contributed by atoms with Crippen molar-refractivity contribution in [3.8, 4) is 0 Å². The Kier molecular flexibility index (Phi) is 5.09. The smallest absolute Gasteiger partial charge is 0.251 e. The standard InChI is InChI=1S/C18H22N2O/c1-13(2)11-17(16-10-9-14(3)12-19-16)20-18(21)15-7-5-4-6-8-15/h4-10,12-13,17H,11H2,1-3H3,(H,20,21). The molecule has 3 nitrogen and oxygen atoms in total. The summed E-state index contributed by atoms with van der Waals surface area (Å²) in [6, 6.07) is 13.3. The summed E-state index contributed by atoms with van der Waals surface area (Å²) in [6.45, 7) is 6.31. The molecule has 1 heterocycles. The summed E-state index contributed by atoms with van der Waals surface area (Å²) >= 11 is 0. The topological polar surface area (TPSA) is 42.0 Å². The molecule has 110 valence electrons. The zero-order chi connectivity index (χ0) is 15.2. The van der Waals surface area contributed by atoms with Gasteiger partial charge in [-0.3, -0.25) is 9.78 Å². The molecule has 0 spiro atoms. The molecule has 2 rings (SSSR count). The zero-order valence-corrected chi connectivity index (χ0v) is 12.8. The molecule has 1 aromatic carbocycles. The normalized spacial score (nSPS) is 12.2. The summed E-state index contributed by atoms with van der Waals surface area (Å²) in [6.07, 6.45) is 2.71. The van der Waals surface area contributed by atoms with Gasteiger partial charge in [0.05, 0.1) is 11.7 Å². The highest BCUT2D eigenvalue weighted by Crippen LogP contribution is 2.20. The van der Waals surface area contributed by atoms with Crippen molar-refractivity contribution in [2.24, 2.45) is 5.92 Å². The second-order valence-corrected chi connectivity index (χ2v) is 5.78. The summed E-state index contributed by atoms with van der Waals surface area (Å²) < 4.78 is 0.